The van der Waals surface area contributed by atoms with Crippen molar-refractivity contribution < 1.29 is 22.0 Å². The fraction of sp³-hybridized carbons (Fsp3) is 0.231. The third-order valence-electron chi connectivity index (χ3n) is 3.15. The van der Waals surface area contributed by atoms with Gasteiger partial charge >= 0.3 is 0 Å². The summed E-state index contributed by atoms with van der Waals surface area (Å²) in [6, 6.07) is 1.99. The lowest BCUT2D eigenvalue weighted by molar-refractivity contribution is 0.0960. The summed E-state index contributed by atoms with van der Waals surface area (Å²) >= 11 is 0.886. The molecule has 0 unspecified atom stereocenters. The first-order chi connectivity index (χ1) is 10.8. The Morgan fingerprint density at radius 2 is 1.91 bits per heavy atom. The van der Waals surface area contributed by atoms with Crippen molar-refractivity contribution in [3.05, 3.63) is 40.4 Å². The first kappa shape index (κ1) is 15.8. The maximum atomic E-state index is 13.2. The topological polar surface area (TPSA) is 88.2 Å². The molecule has 0 atom stereocenters. The third-order valence-corrected chi connectivity index (χ3v) is 5.61. The average molecular weight is 359 g/mol. The molecule has 3 rings (SSSR count). The molecule has 2 aromatic rings. The zero-order valence-corrected chi connectivity index (χ0v) is 13.2. The van der Waals surface area contributed by atoms with Crippen LogP contribution in [0.3, 0.4) is 0 Å². The van der Waals surface area contributed by atoms with Gasteiger partial charge in [0.15, 0.2) is 5.13 Å². The van der Waals surface area contributed by atoms with E-state index in [2.05, 4.69) is 15.0 Å². The molecular weight excluding hydrogens is 348 g/mol. The molecule has 0 spiro atoms. The fourth-order valence-electron chi connectivity index (χ4n) is 2.14. The molecule has 1 aliphatic rings. The molecule has 122 valence electrons. The van der Waals surface area contributed by atoms with Crippen LogP contribution in [0, 0.1) is 11.6 Å². The lowest BCUT2D eigenvalue weighted by atomic mass is 10.2. The molecule has 10 heteroatoms. The van der Waals surface area contributed by atoms with Crippen molar-refractivity contribution in [3.63, 3.8) is 0 Å². The van der Waals surface area contributed by atoms with Crippen molar-refractivity contribution in [1.29, 1.82) is 0 Å². The van der Waals surface area contributed by atoms with E-state index in [9.17, 15) is 22.0 Å². The number of carbonyl (C=O) groups is 1. The van der Waals surface area contributed by atoms with E-state index in [-0.39, 0.29) is 11.0 Å². The second-order valence-electron chi connectivity index (χ2n) is 4.86. The highest BCUT2D eigenvalue weighted by Gasteiger charge is 2.24. The average Bonchev–Trinajstić information content (AvgIpc) is 2.76. The Labute approximate surface area is 134 Å². The van der Waals surface area contributed by atoms with Crippen LogP contribution < -0.4 is 10.0 Å². The molecule has 1 aromatic carbocycles. The summed E-state index contributed by atoms with van der Waals surface area (Å²) in [7, 11) is -4.20. The van der Waals surface area contributed by atoms with Gasteiger partial charge in [0, 0.05) is 12.6 Å². The minimum Gasteiger partial charge on any atom is -0.351 e. The van der Waals surface area contributed by atoms with Crippen LogP contribution in [-0.4, -0.2) is 25.9 Å². The van der Waals surface area contributed by atoms with Gasteiger partial charge in [-0.15, -0.1) is 0 Å². The summed E-state index contributed by atoms with van der Waals surface area (Å²) in [6.07, 6.45) is 1.24. The van der Waals surface area contributed by atoms with E-state index >= 15 is 0 Å². The number of fused-ring (bicyclic) bond motifs is 1. The Hall–Kier alpha value is -2.07. The molecule has 23 heavy (non-hydrogen) atoms. The van der Waals surface area contributed by atoms with Gasteiger partial charge in [-0.1, -0.05) is 11.3 Å². The summed E-state index contributed by atoms with van der Waals surface area (Å²) in [6.45, 7) is 0.533. The molecule has 0 saturated carbocycles. The minimum absolute atomic E-state index is 0.0169. The number of nitrogens with zero attached hydrogens (tertiary/aromatic N) is 1. The molecule has 0 aliphatic carbocycles. The van der Waals surface area contributed by atoms with Gasteiger partial charge in [-0.3, -0.25) is 9.52 Å². The largest absolute Gasteiger partial charge is 0.351 e. The maximum absolute atomic E-state index is 13.2. The van der Waals surface area contributed by atoms with Crippen molar-refractivity contribution in [1.82, 2.24) is 10.3 Å². The summed E-state index contributed by atoms with van der Waals surface area (Å²) in [5.74, 6) is -2.31. The van der Waals surface area contributed by atoms with Crippen molar-refractivity contribution >= 4 is 32.4 Å². The SMILES string of the molecule is O=C1NCCCc2nc(NS(=O)(=O)c3cc(F)cc(F)c3)sc21. The number of halogens is 2. The number of rotatable bonds is 3. The standard InChI is InChI=1S/C13H11F2N3O3S2/c14-7-4-8(15)6-9(5-7)23(20,21)18-13-17-10-2-1-3-16-12(19)11(10)22-13/h4-6H,1-3H2,(H,16,19)(H,17,18). The number of hydrogen-bond donors (Lipinski definition) is 2. The molecule has 1 aromatic heterocycles. The van der Waals surface area contributed by atoms with Gasteiger partial charge in [-0.2, -0.15) is 0 Å². The number of hydrogen-bond acceptors (Lipinski definition) is 5. The summed E-state index contributed by atoms with van der Waals surface area (Å²) in [4.78, 5) is 15.7. The quantitative estimate of drug-likeness (QED) is 0.876. The summed E-state index contributed by atoms with van der Waals surface area (Å²) < 4.78 is 52.9. The van der Waals surface area contributed by atoms with Crippen LogP contribution in [0.1, 0.15) is 21.8 Å². The predicted octanol–water partition coefficient (Wildman–Crippen LogP) is 1.90. The molecule has 2 N–H and O–H groups in total. The van der Waals surface area contributed by atoms with Gasteiger partial charge in [0.25, 0.3) is 15.9 Å². The number of carbonyl (C=O) groups excluding carboxylic acids is 1. The van der Waals surface area contributed by atoms with Crippen LogP contribution >= 0.6 is 11.3 Å². The monoisotopic (exact) mass is 359 g/mol. The first-order valence-corrected chi connectivity index (χ1v) is 8.92. The van der Waals surface area contributed by atoms with Gasteiger partial charge in [-0.25, -0.2) is 22.2 Å². The van der Waals surface area contributed by atoms with Crippen molar-refractivity contribution in [2.24, 2.45) is 0 Å². The van der Waals surface area contributed by atoms with Crippen LogP contribution in [0.2, 0.25) is 0 Å². The van der Waals surface area contributed by atoms with E-state index < -0.39 is 26.6 Å². The molecule has 0 saturated heterocycles. The minimum atomic E-state index is -4.20. The number of nitrogens with one attached hydrogen (secondary N) is 2. The molecule has 1 amide bonds. The molecule has 0 bridgehead atoms. The van der Waals surface area contributed by atoms with E-state index in [0.717, 1.165) is 11.3 Å². The van der Waals surface area contributed by atoms with E-state index in [0.29, 0.717) is 48.2 Å². The summed E-state index contributed by atoms with van der Waals surface area (Å²) in [5.41, 5.74) is 0.508. The normalized spacial score (nSPS) is 14.8. The Kier molecular flexibility index (Phi) is 4.02. The zero-order valence-electron chi connectivity index (χ0n) is 11.6. The van der Waals surface area contributed by atoms with Gasteiger partial charge in [0.2, 0.25) is 0 Å². The highest BCUT2D eigenvalue weighted by Crippen LogP contribution is 2.27. The van der Waals surface area contributed by atoms with Gasteiger partial charge < -0.3 is 5.32 Å². The molecule has 0 fully saturated rings. The number of anilines is 1. The Morgan fingerprint density at radius 1 is 1.22 bits per heavy atom. The highest BCUT2D eigenvalue weighted by atomic mass is 32.2. The van der Waals surface area contributed by atoms with Gasteiger partial charge in [-0.05, 0) is 25.0 Å². The van der Waals surface area contributed by atoms with E-state index in [1.807, 2.05) is 0 Å². The number of aryl methyl sites for hydroxylation is 1. The Bertz CT molecular complexity index is 860. The molecule has 1 aliphatic heterocycles. The second-order valence-corrected chi connectivity index (χ2v) is 7.55. The number of aromatic nitrogens is 1. The Balaban J connectivity index is 1.92. The smallest absolute Gasteiger partial charge is 0.263 e. The van der Waals surface area contributed by atoms with E-state index in [1.54, 1.807) is 0 Å². The van der Waals surface area contributed by atoms with Crippen LogP contribution in [0.25, 0.3) is 0 Å². The first-order valence-electron chi connectivity index (χ1n) is 6.62. The number of benzene rings is 1. The van der Waals surface area contributed by atoms with Crippen molar-refractivity contribution in [3.8, 4) is 0 Å². The van der Waals surface area contributed by atoms with Crippen LogP contribution in [0.5, 0.6) is 0 Å². The van der Waals surface area contributed by atoms with Gasteiger partial charge in [0.1, 0.15) is 16.5 Å². The lowest BCUT2D eigenvalue weighted by Crippen LogP contribution is -2.21. The second kappa shape index (κ2) is 5.85. The van der Waals surface area contributed by atoms with Crippen LogP contribution in [0.4, 0.5) is 13.9 Å². The molecule has 2 heterocycles. The highest BCUT2D eigenvalue weighted by molar-refractivity contribution is 7.93. The number of thiazole rings is 1. The third kappa shape index (κ3) is 3.32. The molecule has 6 nitrogen and oxygen atoms in total. The predicted molar refractivity (Wildman–Crippen MR) is 79.9 cm³/mol. The van der Waals surface area contributed by atoms with Gasteiger partial charge in [0.05, 0.1) is 10.6 Å². The summed E-state index contributed by atoms with van der Waals surface area (Å²) in [5, 5.41) is 2.66. The zero-order chi connectivity index (χ0) is 16.6. The number of amides is 1. The molecular formula is C13H11F2N3O3S2. The molecule has 0 radical (unpaired) electrons. The Morgan fingerprint density at radius 3 is 2.61 bits per heavy atom. The van der Waals surface area contributed by atoms with E-state index in [1.165, 1.54) is 0 Å². The lowest BCUT2D eigenvalue weighted by Gasteiger charge is -2.05. The van der Waals surface area contributed by atoms with Crippen LogP contribution in [0.15, 0.2) is 23.1 Å². The van der Waals surface area contributed by atoms with E-state index in [4.69, 9.17) is 0 Å². The van der Waals surface area contributed by atoms with Crippen molar-refractivity contribution in [2.45, 2.75) is 17.7 Å². The maximum Gasteiger partial charge on any atom is 0.263 e. The van der Waals surface area contributed by atoms with Crippen LogP contribution in [-0.2, 0) is 16.4 Å². The van der Waals surface area contributed by atoms with Crippen molar-refractivity contribution in [2.75, 3.05) is 11.3 Å². The number of sulfonamides is 1. The fourth-order valence-corrected chi connectivity index (χ4v) is 4.34.